The number of benzene rings is 1. The van der Waals surface area contributed by atoms with Gasteiger partial charge in [-0.25, -0.2) is 0 Å². The molecule has 3 heteroatoms. The van der Waals surface area contributed by atoms with Gasteiger partial charge in [-0.2, -0.15) is 0 Å². The standard InChI is InChI=1S/C12H15NO2/c1-2-15-10-6-5-9-4-3-7-13-12(14)11(9)8-10/h5-6,8H,2-4,7H2,1H3,(H,13,14). The van der Waals surface area contributed by atoms with E-state index in [0.717, 1.165) is 36.3 Å². The topological polar surface area (TPSA) is 38.3 Å². The van der Waals surface area contributed by atoms with Gasteiger partial charge in [0.05, 0.1) is 6.61 Å². The molecule has 80 valence electrons. The fourth-order valence-electron chi connectivity index (χ4n) is 1.82. The first-order chi connectivity index (χ1) is 7.31. The predicted molar refractivity (Wildman–Crippen MR) is 58.3 cm³/mol. The average Bonchev–Trinajstić information content (AvgIpc) is 2.42. The molecule has 15 heavy (non-hydrogen) atoms. The van der Waals surface area contributed by atoms with E-state index in [2.05, 4.69) is 5.32 Å². The van der Waals surface area contributed by atoms with Crippen LogP contribution in [-0.2, 0) is 6.42 Å². The third-order valence-corrected chi connectivity index (χ3v) is 2.55. The van der Waals surface area contributed by atoms with E-state index in [1.54, 1.807) is 0 Å². The lowest BCUT2D eigenvalue weighted by Gasteiger charge is -2.08. The van der Waals surface area contributed by atoms with Gasteiger partial charge >= 0.3 is 0 Å². The molecule has 1 heterocycles. The number of rotatable bonds is 2. The first-order valence-corrected chi connectivity index (χ1v) is 5.35. The van der Waals surface area contributed by atoms with E-state index in [-0.39, 0.29) is 5.91 Å². The maximum atomic E-state index is 11.7. The van der Waals surface area contributed by atoms with Gasteiger partial charge in [0.15, 0.2) is 0 Å². The molecule has 1 aromatic carbocycles. The molecule has 0 saturated heterocycles. The smallest absolute Gasteiger partial charge is 0.251 e. The zero-order valence-corrected chi connectivity index (χ0v) is 8.88. The van der Waals surface area contributed by atoms with E-state index in [1.165, 1.54) is 0 Å². The minimum atomic E-state index is 0.0176. The number of amides is 1. The number of fused-ring (bicyclic) bond motifs is 1. The minimum absolute atomic E-state index is 0.0176. The fraction of sp³-hybridized carbons (Fsp3) is 0.417. The van der Waals surface area contributed by atoms with Crippen molar-refractivity contribution in [1.29, 1.82) is 0 Å². The van der Waals surface area contributed by atoms with E-state index in [0.29, 0.717) is 6.61 Å². The van der Waals surface area contributed by atoms with Crippen LogP contribution in [0, 0.1) is 0 Å². The molecule has 0 unspecified atom stereocenters. The molecule has 1 amide bonds. The normalized spacial score (nSPS) is 15.1. The summed E-state index contributed by atoms with van der Waals surface area (Å²) < 4.78 is 5.38. The van der Waals surface area contributed by atoms with E-state index >= 15 is 0 Å². The van der Waals surface area contributed by atoms with E-state index in [1.807, 2.05) is 25.1 Å². The Bertz CT molecular complexity index is 374. The molecular formula is C12H15NO2. The Labute approximate surface area is 89.4 Å². The first-order valence-electron chi connectivity index (χ1n) is 5.35. The number of hydrogen-bond donors (Lipinski definition) is 1. The Kier molecular flexibility index (Phi) is 2.90. The Morgan fingerprint density at radius 1 is 1.47 bits per heavy atom. The lowest BCUT2D eigenvalue weighted by Crippen LogP contribution is -2.22. The Balaban J connectivity index is 2.35. The molecular weight excluding hydrogens is 190 g/mol. The zero-order chi connectivity index (χ0) is 10.7. The van der Waals surface area contributed by atoms with Crippen molar-refractivity contribution in [3.05, 3.63) is 29.3 Å². The van der Waals surface area contributed by atoms with Crippen LogP contribution >= 0.6 is 0 Å². The lowest BCUT2D eigenvalue weighted by molar-refractivity contribution is 0.0955. The van der Waals surface area contributed by atoms with Gasteiger partial charge in [0.25, 0.3) is 5.91 Å². The van der Waals surface area contributed by atoms with Gasteiger partial charge < -0.3 is 10.1 Å². The summed E-state index contributed by atoms with van der Waals surface area (Å²) in [6, 6.07) is 5.76. The van der Waals surface area contributed by atoms with Crippen LogP contribution in [0.4, 0.5) is 0 Å². The molecule has 0 radical (unpaired) electrons. The van der Waals surface area contributed by atoms with Gasteiger partial charge in [-0.1, -0.05) is 6.07 Å². The summed E-state index contributed by atoms with van der Waals surface area (Å²) in [6.45, 7) is 3.32. The van der Waals surface area contributed by atoms with Crippen molar-refractivity contribution in [3.8, 4) is 5.75 Å². The highest BCUT2D eigenvalue weighted by atomic mass is 16.5. The predicted octanol–water partition coefficient (Wildman–Crippen LogP) is 1.76. The molecule has 0 aliphatic carbocycles. The van der Waals surface area contributed by atoms with Crippen LogP contribution in [0.1, 0.15) is 29.3 Å². The zero-order valence-electron chi connectivity index (χ0n) is 8.88. The molecule has 1 N–H and O–H groups in total. The molecule has 0 spiro atoms. The third kappa shape index (κ3) is 2.12. The van der Waals surface area contributed by atoms with Crippen LogP contribution in [-0.4, -0.2) is 19.1 Å². The van der Waals surface area contributed by atoms with Crippen molar-refractivity contribution in [2.24, 2.45) is 0 Å². The second kappa shape index (κ2) is 4.34. The lowest BCUT2D eigenvalue weighted by atomic mass is 10.0. The van der Waals surface area contributed by atoms with Crippen LogP contribution in [0.15, 0.2) is 18.2 Å². The van der Waals surface area contributed by atoms with E-state index in [4.69, 9.17) is 4.74 Å². The first kappa shape index (κ1) is 10.0. The Morgan fingerprint density at radius 3 is 3.13 bits per heavy atom. The van der Waals surface area contributed by atoms with Crippen molar-refractivity contribution >= 4 is 5.91 Å². The van der Waals surface area contributed by atoms with Crippen LogP contribution < -0.4 is 10.1 Å². The largest absolute Gasteiger partial charge is 0.494 e. The van der Waals surface area contributed by atoms with Gasteiger partial charge in [0, 0.05) is 12.1 Å². The summed E-state index contributed by atoms with van der Waals surface area (Å²) in [4.78, 5) is 11.7. The molecule has 0 fully saturated rings. The van der Waals surface area contributed by atoms with Crippen LogP contribution in [0.25, 0.3) is 0 Å². The Morgan fingerprint density at radius 2 is 2.33 bits per heavy atom. The number of ether oxygens (including phenoxy) is 1. The van der Waals surface area contributed by atoms with E-state index < -0.39 is 0 Å². The van der Waals surface area contributed by atoms with Crippen LogP contribution in [0.2, 0.25) is 0 Å². The summed E-state index contributed by atoms with van der Waals surface area (Å²) in [6.07, 6.45) is 1.97. The number of carbonyl (C=O) groups is 1. The van der Waals surface area contributed by atoms with Crippen molar-refractivity contribution < 1.29 is 9.53 Å². The molecule has 0 bridgehead atoms. The average molecular weight is 205 g/mol. The Hall–Kier alpha value is -1.51. The highest BCUT2D eigenvalue weighted by Gasteiger charge is 2.15. The fourth-order valence-corrected chi connectivity index (χ4v) is 1.82. The molecule has 0 atom stereocenters. The van der Waals surface area contributed by atoms with Gasteiger partial charge in [0.2, 0.25) is 0 Å². The van der Waals surface area contributed by atoms with Crippen molar-refractivity contribution in [3.63, 3.8) is 0 Å². The molecule has 3 nitrogen and oxygen atoms in total. The summed E-state index contributed by atoms with van der Waals surface area (Å²) in [7, 11) is 0. The molecule has 0 aromatic heterocycles. The maximum Gasteiger partial charge on any atom is 0.251 e. The second-order valence-electron chi connectivity index (χ2n) is 3.61. The van der Waals surface area contributed by atoms with Gasteiger partial charge in [-0.05, 0) is 37.5 Å². The molecule has 1 aliphatic heterocycles. The number of aryl methyl sites for hydroxylation is 1. The van der Waals surface area contributed by atoms with Crippen molar-refractivity contribution in [2.75, 3.05) is 13.2 Å². The summed E-state index contributed by atoms with van der Waals surface area (Å²) >= 11 is 0. The molecule has 1 aliphatic rings. The highest BCUT2D eigenvalue weighted by Crippen LogP contribution is 2.20. The number of hydrogen-bond acceptors (Lipinski definition) is 2. The number of carbonyl (C=O) groups excluding carboxylic acids is 1. The van der Waals surface area contributed by atoms with Gasteiger partial charge in [-0.15, -0.1) is 0 Å². The van der Waals surface area contributed by atoms with Gasteiger partial charge in [-0.3, -0.25) is 4.79 Å². The van der Waals surface area contributed by atoms with Crippen molar-refractivity contribution in [1.82, 2.24) is 5.32 Å². The highest BCUT2D eigenvalue weighted by molar-refractivity contribution is 5.96. The molecule has 0 saturated carbocycles. The third-order valence-electron chi connectivity index (χ3n) is 2.55. The van der Waals surface area contributed by atoms with Crippen LogP contribution in [0.3, 0.4) is 0 Å². The van der Waals surface area contributed by atoms with Gasteiger partial charge in [0.1, 0.15) is 5.75 Å². The SMILES string of the molecule is CCOc1ccc2c(c1)C(=O)NCCC2. The summed E-state index contributed by atoms with van der Waals surface area (Å²) in [5, 5.41) is 2.88. The second-order valence-corrected chi connectivity index (χ2v) is 3.61. The van der Waals surface area contributed by atoms with E-state index in [9.17, 15) is 4.79 Å². The summed E-state index contributed by atoms with van der Waals surface area (Å²) in [5.41, 5.74) is 1.88. The summed E-state index contributed by atoms with van der Waals surface area (Å²) in [5.74, 6) is 0.789. The number of nitrogens with one attached hydrogen (secondary N) is 1. The maximum absolute atomic E-state index is 11.7. The minimum Gasteiger partial charge on any atom is -0.494 e. The molecule has 2 rings (SSSR count). The quantitative estimate of drug-likeness (QED) is 0.799. The van der Waals surface area contributed by atoms with Crippen molar-refractivity contribution in [2.45, 2.75) is 19.8 Å². The molecule has 1 aromatic rings. The monoisotopic (exact) mass is 205 g/mol. The van der Waals surface area contributed by atoms with Crippen LogP contribution in [0.5, 0.6) is 5.75 Å².